The van der Waals surface area contributed by atoms with E-state index in [0.717, 1.165) is 0 Å². The number of hydrogen-bond acceptors (Lipinski definition) is 0. The first-order valence-corrected chi connectivity index (χ1v) is 3.50. The van der Waals surface area contributed by atoms with E-state index in [1.165, 1.54) is 0 Å². The maximum atomic E-state index is 3.57. The highest BCUT2D eigenvalue weighted by molar-refractivity contribution is 14.1. The molecule has 8 heavy (non-hydrogen) atoms. The molecule has 0 aromatic heterocycles. The van der Waals surface area contributed by atoms with Crippen LogP contribution in [0.15, 0.2) is 22.9 Å². The Hall–Kier alpha value is -0.120. The Morgan fingerprint density at radius 1 is 1.62 bits per heavy atom. The van der Waals surface area contributed by atoms with Gasteiger partial charge in [-0.3, -0.25) is 0 Å². The van der Waals surface area contributed by atoms with Crippen LogP contribution in [-0.4, -0.2) is 17.8 Å². The zero-order valence-electron chi connectivity index (χ0n) is 4.84. The van der Waals surface area contributed by atoms with Crippen molar-refractivity contribution >= 4 is 28.8 Å². The molecule has 0 aliphatic carbocycles. The summed E-state index contributed by atoms with van der Waals surface area (Å²) in [5, 5.41) is 0. The van der Waals surface area contributed by atoms with Crippen molar-refractivity contribution in [1.82, 2.24) is 0 Å². The zero-order chi connectivity index (χ0) is 6.41. The Bertz CT molecular complexity index is 124. The minimum absolute atomic E-state index is 1.75. The summed E-state index contributed by atoms with van der Waals surface area (Å²) in [7, 11) is 1.93. The van der Waals surface area contributed by atoms with Gasteiger partial charge in [0.2, 0.25) is 0 Å². The van der Waals surface area contributed by atoms with Crippen molar-refractivity contribution in [3.05, 3.63) is 22.9 Å². The average molecular weight is 222 g/mol. The topological polar surface area (TPSA) is 3.01 Å². The van der Waals surface area contributed by atoms with Crippen LogP contribution in [0.1, 0.15) is 0 Å². The van der Waals surface area contributed by atoms with Crippen LogP contribution < -0.4 is 0 Å². The molecule has 0 aliphatic rings. The molecule has 0 fully saturated rings. The second-order valence-electron chi connectivity index (χ2n) is 1.32. The minimum atomic E-state index is 1.75. The highest BCUT2D eigenvalue weighted by atomic mass is 127. The molecule has 1 nitrogen and oxygen atoms in total. The Morgan fingerprint density at radius 3 is 2.62 bits per heavy atom. The standard InChI is InChI=1S/C6H9IN/c1-3-8(2)6-4-5-7/h3-6H,1H2,2H3/q+1/b5-4-,8-6-. The predicted octanol–water partition coefficient (Wildman–Crippen LogP) is 1.79. The molecule has 0 unspecified atom stereocenters. The summed E-state index contributed by atoms with van der Waals surface area (Å²) < 4.78 is 3.83. The van der Waals surface area contributed by atoms with Crippen molar-refractivity contribution in [2.75, 3.05) is 7.05 Å². The molecule has 0 bridgehead atoms. The summed E-state index contributed by atoms with van der Waals surface area (Å²) in [6.45, 7) is 3.57. The highest BCUT2D eigenvalue weighted by Gasteiger charge is 1.76. The van der Waals surface area contributed by atoms with Gasteiger partial charge in [0, 0.05) is 6.08 Å². The molecule has 0 atom stereocenters. The number of halogens is 1. The van der Waals surface area contributed by atoms with E-state index in [4.69, 9.17) is 0 Å². The summed E-state index contributed by atoms with van der Waals surface area (Å²) in [5.74, 6) is 0. The lowest BCUT2D eigenvalue weighted by Crippen LogP contribution is -1.92. The molecule has 0 radical (unpaired) electrons. The van der Waals surface area contributed by atoms with E-state index in [2.05, 4.69) is 29.2 Å². The second kappa shape index (κ2) is 5.03. The third kappa shape index (κ3) is 4.05. The summed E-state index contributed by atoms with van der Waals surface area (Å²) in [5.41, 5.74) is 0. The molecule has 2 heteroatoms. The first-order chi connectivity index (χ1) is 3.81. The normalized spacial score (nSPS) is 12.5. The fraction of sp³-hybridized carbons (Fsp3) is 0.167. The summed E-state index contributed by atoms with van der Waals surface area (Å²) >= 11 is 2.16. The number of allylic oxidation sites excluding steroid dienone is 1. The lowest BCUT2D eigenvalue weighted by Gasteiger charge is -1.76. The van der Waals surface area contributed by atoms with E-state index >= 15 is 0 Å². The van der Waals surface area contributed by atoms with Crippen LogP contribution in [0.4, 0.5) is 0 Å². The fourth-order valence-corrected chi connectivity index (χ4v) is 0.415. The van der Waals surface area contributed by atoms with Crippen molar-refractivity contribution in [2.45, 2.75) is 0 Å². The van der Waals surface area contributed by atoms with Crippen LogP contribution in [0, 0.1) is 0 Å². The number of rotatable bonds is 2. The molecular formula is C6H9IN+. The molecule has 0 aliphatic heterocycles. The number of hydrogen-bond donors (Lipinski definition) is 0. The zero-order valence-corrected chi connectivity index (χ0v) is 7.00. The Kier molecular flexibility index (Phi) is 4.95. The Morgan fingerprint density at radius 2 is 2.25 bits per heavy atom. The van der Waals surface area contributed by atoms with Gasteiger partial charge in [0.15, 0.2) is 12.4 Å². The van der Waals surface area contributed by atoms with Gasteiger partial charge in [-0.2, -0.15) is 0 Å². The van der Waals surface area contributed by atoms with Gasteiger partial charge in [-0.25, -0.2) is 4.58 Å². The van der Waals surface area contributed by atoms with Gasteiger partial charge in [0.1, 0.15) is 7.05 Å². The third-order valence-corrected chi connectivity index (χ3v) is 1.10. The molecule has 0 N–H and O–H groups in total. The molecule has 44 valence electrons. The maximum absolute atomic E-state index is 3.57. The monoisotopic (exact) mass is 222 g/mol. The molecule has 0 heterocycles. The van der Waals surface area contributed by atoms with Crippen LogP contribution in [0.5, 0.6) is 0 Å². The minimum Gasteiger partial charge on any atom is -0.208 e. The maximum Gasteiger partial charge on any atom is 0.168 e. The first-order valence-electron chi connectivity index (χ1n) is 2.26. The second-order valence-corrected chi connectivity index (χ2v) is 2.03. The molecule has 0 aromatic carbocycles. The molecular weight excluding hydrogens is 213 g/mol. The summed E-state index contributed by atoms with van der Waals surface area (Å²) in [6, 6.07) is 0. The van der Waals surface area contributed by atoms with Gasteiger partial charge in [-0.1, -0.05) is 22.6 Å². The Labute approximate surface area is 63.6 Å². The quantitative estimate of drug-likeness (QED) is 0.380. The largest absolute Gasteiger partial charge is 0.208 e. The molecule has 0 rings (SSSR count). The van der Waals surface area contributed by atoms with Crippen LogP contribution in [0.2, 0.25) is 0 Å². The summed E-state index contributed by atoms with van der Waals surface area (Å²) in [4.78, 5) is 0. The van der Waals surface area contributed by atoms with Crippen molar-refractivity contribution in [3.8, 4) is 0 Å². The van der Waals surface area contributed by atoms with Crippen molar-refractivity contribution < 1.29 is 4.58 Å². The predicted molar refractivity (Wildman–Crippen MR) is 45.6 cm³/mol. The van der Waals surface area contributed by atoms with Gasteiger partial charge in [0.25, 0.3) is 0 Å². The van der Waals surface area contributed by atoms with E-state index < -0.39 is 0 Å². The van der Waals surface area contributed by atoms with Crippen molar-refractivity contribution in [2.24, 2.45) is 0 Å². The lowest BCUT2D eigenvalue weighted by atomic mass is 10.7. The van der Waals surface area contributed by atoms with Crippen molar-refractivity contribution in [1.29, 1.82) is 0 Å². The molecule has 0 spiro atoms. The van der Waals surface area contributed by atoms with Crippen molar-refractivity contribution in [3.63, 3.8) is 0 Å². The van der Waals surface area contributed by atoms with Gasteiger partial charge >= 0.3 is 0 Å². The average Bonchev–Trinajstić information content (AvgIpc) is 1.83. The summed E-state index contributed by atoms with van der Waals surface area (Å²) in [6.07, 6.45) is 5.62. The van der Waals surface area contributed by atoms with Crippen LogP contribution in [0.3, 0.4) is 0 Å². The van der Waals surface area contributed by atoms with Crippen LogP contribution >= 0.6 is 22.6 Å². The Balaban J connectivity index is 3.74. The smallest absolute Gasteiger partial charge is 0.168 e. The lowest BCUT2D eigenvalue weighted by molar-refractivity contribution is -0.415. The molecule has 0 amide bonds. The van der Waals surface area contributed by atoms with Crippen LogP contribution in [0.25, 0.3) is 0 Å². The van der Waals surface area contributed by atoms with E-state index in [1.807, 2.05) is 28.0 Å². The van der Waals surface area contributed by atoms with Crippen LogP contribution in [-0.2, 0) is 0 Å². The number of nitrogens with zero attached hydrogens (tertiary/aromatic N) is 1. The first kappa shape index (κ1) is 7.88. The van der Waals surface area contributed by atoms with E-state index in [0.29, 0.717) is 0 Å². The highest BCUT2D eigenvalue weighted by Crippen LogP contribution is 1.79. The van der Waals surface area contributed by atoms with Gasteiger partial charge in [-0.05, 0) is 10.7 Å². The van der Waals surface area contributed by atoms with E-state index in [9.17, 15) is 0 Å². The van der Waals surface area contributed by atoms with Gasteiger partial charge in [0.05, 0.1) is 0 Å². The van der Waals surface area contributed by atoms with Gasteiger partial charge in [-0.15, -0.1) is 0 Å². The van der Waals surface area contributed by atoms with E-state index in [1.54, 1.807) is 6.20 Å². The third-order valence-electron chi connectivity index (χ3n) is 0.682. The van der Waals surface area contributed by atoms with Gasteiger partial charge < -0.3 is 0 Å². The van der Waals surface area contributed by atoms with E-state index in [-0.39, 0.29) is 0 Å². The SMILES string of the molecule is C=C/[N+](C)=C\C=C/I. The molecule has 0 saturated heterocycles. The fourth-order valence-electron chi connectivity index (χ4n) is 0.229. The molecule has 0 saturated carbocycles. The molecule has 0 aromatic rings.